The Morgan fingerprint density at radius 2 is 1.93 bits per heavy atom. The van der Waals surface area contributed by atoms with E-state index in [2.05, 4.69) is 0 Å². The smallest absolute Gasteiger partial charge is 0.433 e. The van der Waals surface area contributed by atoms with Crippen LogP contribution in [-0.4, -0.2) is 27.8 Å². The van der Waals surface area contributed by atoms with Gasteiger partial charge in [0.15, 0.2) is 6.61 Å². The summed E-state index contributed by atoms with van der Waals surface area (Å²) in [6, 6.07) is 11.3. The third kappa shape index (κ3) is 4.38. The molecule has 150 valence electrons. The summed E-state index contributed by atoms with van der Waals surface area (Å²) < 4.78 is 11.7. The van der Waals surface area contributed by atoms with Crippen molar-refractivity contribution in [3.63, 3.8) is 0 Å². The van der Waals surface area contributed by atoms with Crippen LogP contribution < -0.4 is 0 Å². The SMILES string of the molecule is Cc1cc(C(=O)COC(=O)c2ccc([N+](=O)[O-])o2)c(C)n1Cc1ccccc1Cl. The van der Waals surface area contributed by atoms with E-state index < -0.39 is 29.2 Å². The van der Waals surface area contributed by atoms with Crippen molar-refractivity contribution in [3.05, 3.63) is 85.9 Å². The van der Waals surface area contributed by atoms with Crippen molar-refractivity contribution < 1.29 is 23.7 Å². The molecule has 0 aliphatic heterocycles. The van der Waals surface area contributed by atoms with Gasteiger partial charge < -0.3 is 13.7 Å². The third-order valence-electron chi connectivity index (χ3n) is 4.47. The maximum atomic E-state index is 12.5. The maximum absolute atomic E-state index is 12.5. The van der Waals surface area contributed by atoms with E-state index >= 15 is 0 Å². The number of Topliss-reactive ketones (excluding diaryl/α,β-unsaturated/α-hetero) is 1. The predicted molar refractivity (Wildman–Crippen MR) is 104 cm³/mol. The Bertz CT molecular complexity index is 1100. The molecule has 0 spiro atoms. The molecule has 0 aliphatic rings. The van der Waals surface area contributed by atoms with Crippen LogP contribution in [-0.2, 0) is 11.3 Å². The number of rotatable bonds is 7. The highest BCUT2D eigenvalue weighted by atomic mass is 35.5. The number of hydrogen-bond donors (Lipinski definition) is 0. The number of furan rings is 1. The molecular weight excluding hydrogens is 400 g/mol. The minimum Gasteiger partial charge on any atom is -0.451 e. The molecule has 2 heterocycles. The van der Waals surface area contributed by atoms with Crippen molar-refractivity contribution in [3.8, 4) is 0 Å². The molecule has 0 aliphatic carbocycles. The highest BCUT2D eigenvalue weighted by molar-refractivity contribution is 6.31. The number of nitro groups is 1. The molecule has 0 bridgehead atoms. The van der Waals surface area contributed by atoms with Gasteiger partial charge in [-0.3, -0.25) is 14.9 Å². The number of esters is 1. The first-order chi connectivity index (χ1) is 13.8. The Labute approximate surface area is 170 Å². The van der Waals surface area contributed by atoms with Crippen LogP contribution in [0.5, 0.6) is 0 Å². The van der Waals surface area contributed by atoms with E-state index in [4.69, 9.17) is 20.8 Å². The number of nitrogens with zero attached hydrogens (tertiary/aromatic N) is 2. The number of aryl methyl sites for hydroxylation is 1. The van der Waals surface area contributed by atoms with Crippen LogP contribution in [0, 0.1) is 24.0 Å². The van der Waals surface area contributed by atoms with Crippen LogP contribution in [0.1, 0.15) is 37.9 Å². The number of halogens is 1. The summed E-state index contributed by atoms with van der Waals surface area (Å²) in [4.78, 5) is 34.3. The van der Waals surface area contributed by atoms with Gasteiger partial charge in [0.25, 0.3) is 0 Å². The van der Waals surface area contributed by atoms with Gasteiger partial charge in [-0.15, -0.1) is 0 Å². The van der Waals surface area contributed by atoms with Gasteiger partial charge in [0.2, 0.25) is 11.5 Å². The van der Waals surface area contributed by atoms with E-state index in [1.807, 2.05) is 29.7 Å². The topological polar surface area (TPSA) is 105 Å². The van der Waals surface area contributed by atoms with Crippen LogP contribution in [0.3, 0.4) is 0 Å². The van der Waals surface area contributed by atoms with Crippen LogP contribution in [0.4, 0.5) is 5.88 Å². The van der Waals surface area contributed by atoms with Crippen molar-refractivity contribution in [2.45, 2.75) is 20.4 Å². The summed E-state index contributed by atoms with van der Waals surface area (Å²) in [7, 11) is 0. The van der Waals surface area contributed by atoms with Crippen LogP contribution >= 0.6 is 11.6 Å². The number of ether oxygens (including phenoxy) is 1. The molecule has 0 atom stereocenters. The highest BCUT2D eigenvalue weighted by Crippen LogP contribution is 2.22. The normalized spacial score (nSPS) is 10.7. The zero-order valence-corrected chi connectivity index (χ0v) is 16.4. The molecule has 0 unspecified atom stereocenters. The van der Waals surface area contributed by atoms with E-state index in [9.17, 15) is 19.7 Å². The first-order valence-electron chi connectivity index (χ1n) is 8.62. The minimum absolute atomic E-state index is 0.339. The monoisotopic (exact) mass is 416 g/mol. The van der Waals surface area contributed by atoms with Gasteiger partial charge in [-0.05, 0) is 37.6 Å². The molecule has 1 aromatic carbocycles. The fourth-order valence-electron chi connectivity index (χ4n) is 2.94. The molecule has 3 rings (SSSR count). The second-order valence-electron chi connectivity index (χ2n) is 6.36. The Balaban J connectivity index is 1.70. The fourth-order valence-corrected chi connectivity index (χ4v) is 3.13. The molecule has 0 radical (unpaired) electrons. The molecule has 0 saturated carbocycles. The quantitative estimate of drug-likeness (QED) is 0.245. The minimum atomic E-state index is -0.948. The van der Waals surface area contributed by atoms with Gasteiger partial charge in [0.1, 0.15) is 4.92 Å². The maximum Gasteiger partial charge on any atom is 0.433 e. The summed E-state index contributed by atoms with van der Waals surface area (Å²) >= 11 is 6.22. The third-order valence-corrected chi connectivity index (χ3v) is 4.84. The molecule has 29 heavy (non-hydrogen) atoms. The summed E-state index contributed by atoms with van der Waals surface area (Å²) in [5.41, 5.74) is 2.92. The zero-order chi connectivity index (χ0) is 21.1. The molecule has 9 heteroatoms. The van der Waals surface area contributed by atoms with Gasteiger partial charge >= 0.3 is 11.9 Å². The van der Waals surface area contributed by atoms with E-state index in [0.29, 0.717) is 17.1 Å². The van der Waals surface area contributed by atoms with Crippen molar-refractivity contribution in [1.82, 2.24) is 4.57 Å². The summed E-state index contributed by atoms with van der Waals surface area (Å²) in [5.74, 6) is -2.26. The lowest BCUT2D eigenvalue weighted by Gasteiger charge is -2.11. The molecular formula is C20H17ClN2O6. The average molecular weight is 417 g/mol. The van der Waals surface area contributed by atoms with Gasteiger partial charge in [-0.2, -0.15) is 0 Å². The van der Waals surface area contributed by atoms with Crippen molar-refractivity contribution >= 4 is 29.2 Å². The lowest BCUT2D eigenvalue weighted by molar-refractivity contribution is -0.402. The zero-order valence-electron chi connectivity index (χ0n) is 15.7. The van der Waals surface area contributed by atoms with E-state index in [0.717, 1.165) is 29.1 Å². The lowest BCUT2D eigenvalue weighted by Crippen LogP contribution is -2.15. The molecule has 3 aromatic rings. The lowest BCUT2D eigenvalue weighted by atomic mass is 10.1. The summed E-state index contributed by atoms with van der Waals surface area (Å²) in [5, 5.41) is 11.2. The van der Waals surface area contributed by atoms with Crippen molar-refractivity contribution in [2.75, 3.05) is 6.61 Å². The molecule has 0 N–H and O–H groups in total. The predicted octanol–water partition coefficient (Wildman–Crippen LogP) is 4.35. The Morgan fingerprint density at radius 3 is 2.59 bits per heavy atom. The summed E-state index contributed by atoms with van der Waals surface area (Å²) in [6.45, 7) is 3.66. The largest absolute Gasteiger partial charge is 0.451 e. The average Bonchev–Trinajstić information content (AvgIpc) is 3.28. The fraction of sp³-hybridized carbons (Fsp3) is 0.200. The number of aromatic nitrogens is 1. The van der Waals surface area contributed by atoms with E-state index in [-0.39, 0.29) is 5.76 Å². The Hall–Kier alpha value is -3.39. The highest BCUT2D eigenvalue weighted by Gasteiger charge is 2.21. The van der Waals surface area contributed by atoms with Gasteiger partial charge in [-0.25, -0.2) is 4.79 Å². The van der Waals surface area contributed by atoms with E-state index in [1.165, 1.54) is 0 Å². The summed E-state index contributed by atoms with van der Waals surface area (Å²) in [6.07, 6.45) is 0. The number of benzene rings is 1. The second kappa shape index (κ2) is 8.32. The van der Waals surface area contributed by atoms with Gasteiger partial charge in [-0.1, -0.05) is 29.8 Å². The Kier molecular flexibility index (Phi) is 5.84. The van der Waals surface area contributed by atoms with Crippen molar-refractivity contribution in [1.29, 1.82) is 0 Å². The van der Waals surface area contributed by atoms with Crippen LogP contribution in [0.2, 0.25) is 5.02 Å². The number of hydrogen-bond acceptors (Lipinski definition) is 6. The number of carbonyl (C=O) groups excluding carboxylic acids is 2. The van der Waals surface area contributed by atoms with Crippen LogP contribution in [0.15, 0.2) is 46.9 Å². The molecule has 0 fully saturated rings. The van der Waals surface area contributed by atoms with Crippen LogP contribution in [0.25, 0.3) is 0 Å². The van der Waals surface area contributed by atoms with E-state index in [1.54, 1.807) is 19.1 Å². The van der Waals surface area contributed by atoms with Gasteiger partial charge in [0, 0.05) is 28.5 Å². The molecule has 8 nitrogen and oxygen atoms in total. The number of carbonyl (C=O) groups is 2. The molecule has 0 saturated heterocycles. The number of ketones is 1. The van der Waals surface area contributed by atoms with Gasteiger partial charge in [0.05, 0.1) is 6.07 Å². The first-order valence-corrected chi connectivity index (χ1v) is 9.00. The second-order valence-corrected chi connectivity index (χ2v) is 6.76. The molecule has 0 amide bonds. The first kappa shape index (κ1) is 20.3. The standard InChI is InChI=1S/C20H17ClN2O6/c1-12-9-15(13(2)22(12)10-14-5-3-4-6-16(14)21)17(24)11-28-20(25)18-7-8-19(29-18)23(26)27/h3-9H,10-11H2,1-2H3. The van der Waals surface area contributed by atoms with Crippen molar-refractivity contribution in [2.24, 2.45) is 0 Å². The molecule has 2 aromatic heterocycles. The Morgan fingerprint density at radius 1 is 1.21 bits per heavy atom.